The zero-order chi connectivity index (χ0) is 15.5. The molecule has 116 valence electrons. The first kappa shape index (κ1) is 17.4. The second-order valence-electron chi connectivity index (χ2n) is 5.43. The fraction of sp³-hybridized carbons (Fsp3) is 0.769. The van der Waals surface area contributed by atoms with Crippen LogP contribution in [0.1, 0.15) is 27.2 Å². The molecule has 0 saturated carbocycles. The Balaban J connectivity index is 2.94. The molecule has 1 fully saturated rings. The Morgan fingerprint density at radius 3 is 2.55 bits per heavy atom. The molecule has 3 atom stereocenters. The zero-order valence-electron chi connectivity index (χ0n) is 12.5. The summed E-state index contributed by atoms with van der Waals surface area (Å²) in [6, 6.07) is 0.134. The molecule has 0 aromatic carbocycles. The van der Waals surface area contributed by atoms with Crippen LogP contribution >= 0.6 is 20.7 Å². The van der Waals surface area contributed by atoms with E-state index in [1.807, 2.05) is 6.92 Å². The van der Waals surface area contributed by atoms with Gasteiger partial charge in [0, 0.05) is 16.5 Å². The lowest BCUT2D eigenvalue weighted by atomic mass is 9.95. The molecule has 0 aromatic rings. The highest BCUT2D eigenvalue weighted by Gasteiger charge is 2.45. The number of alkyl carbamates (subject to hydrolysis) is 1. The fourth-order valence-electron chi connectivity index (χ4n) is 2.26. The van der Waals surface area contributed by atoms with Crippen molar-refractivity contribution in [1.82, 2.24) is 10.2 Å². The molecule has 3 N–H and O–H groups in total. The van der Waals surface area contributed by atoms with Crippen LogP contribution < -0.4 is 11.1 Å². The SMILES string of the molecule is C=I[C@H]1CC(C)N(C(=O)[C@@](N)(NC(=O)OC)C(C)C)C1. The summed E-state index contributed by atoms with van der Waals surface area (Å²) in [5.74, 6) is -0.486. The minimum absolute atomic E-state index is 0.134. The predicted molar refractivity (Wildman–Crippen MR) is 88.0 cm³/mol. The molecule has 1 heterocycles. The summed E-state index contributed by atoms with van der Waals surface area (Å²) >= 11 is -0.146. The van der Waals surface area contributed by atoms with E-state index in [2.05, 4.69) is 14.6 Å². The van der Waals surface area contributed by atoms with Gasteiger partial charge in [0.05, 0.1) is 7.11 Å². The molecule has 1 rings (SSSR count). The second kappa shape index (κ2) is 6.84. The number of ether oxygens (including phenoxy) is 1. The van der Waals surface area contributed by atoms with Gasteiger partial charge in [-0.1, -0.05) is 18.4 Å². The number of rotatable bonds is 4. The maximum Gasteiger partial charge on any atom is 0.408 e. The van der Waals surface area contributed by atoms with Gasteiger partial charge in [-0.2, -0.15) is 0 Å². The highest BCUT2D eigenvalue weighted by atomic mass is 127. The van der Waals surface area contributed by atoms with Crippen LogP contribution in [0.5, 0.6) is 0 Å². The third-order valence-corrected chi connectivity index (χ3v) is 5.91. The Morgan fingerprint density at radius 2 is 2.15 bits per heavy atom. The van der Waals surface area contributed by atoms with Gasteiger partial charge < -0.3 is 15.4 Å². The van der Waals surface area contributed by atoms with Crippen molar-refractivity contribution in [3.8, 4) is 0 Å². The number of hydrogen-bond donors (Lipinski definition) is 2. The lowest BCUT2D eigenvalue weighted by molar-refractivity contribution is -0.140. The Labute approximate surface area is 130 Å². The average molecular weight is 397 g/mol. The first-order valence-corrected chi connectivity index (χ1v) is 9.36. The molecule has 7 heteroatoms. The van der Waals surface area contributed by atoms with Crippen LogP contribution in [0.25, 0.3) is 0 Å². The smallest absolute Gasteiger partial charge is 0.408 e. The van der Waals surface area contributed by atoms with Crippen molar-refractivity contribution in [3.05, 3.63) is 0 Å². The van der Waals surface area contributed by atoms with Gasteiger partial charge in [-0.05, 0) is 19.3 Å². The van der Waals surface area contributed by atoms with E-state index in [-0.39, 0.29) is 38.6 Å². The Hall–Kier alpha value is -0.700. The van der Waals surface area contributed by atoms with Crippen molar-refractivity contribution in [1.29, 1.82) is 0 Å². The zero-order valence-corrected chi connectivity index (χ0v) is 14.6. The monoisotopic (exact) mass is 397 g/mol. The third-order valence-electron chi connectivity index (χ3n) is 3.76. The van der Waals surface area contributed by atoms with Crippen molar-refractivity contribution in [2.24, 2.45) is 11.7 Å². The minimum atomic E-state index is -1.43. The fourth-order valence-corrected chi connectivity index (χ4v) is 4.06. The van der Waals surface area contributed by atoms with Gasteiger partial charge >= 0.3 is 6.09 Å². The van der Waals surface area contributed by atoms with Crippen molar-refractivity contribution in [3.63, 3.8) is 0 Å². The largest absolute Gasteiger partial charge is 0.453 e. The number of methoxy groups -OCH3 is 1. The first-order chi connectivity index (χ1) is 9.26. The molecule has 1 saturated heterocycles. The van der Waals surface area contributed by atoms with Gasteiger partial charge in [-0.15, -0.1) is 20.7 Å². The maximum atomic E-state index is 12.8. The van der Waals surface area contributed by atoms with Crippen LogP contribution in [0.15, 0.2) is 0 Å². The van der Waals surface area contributed by atoms with E-state index in [0.717, 1.165) is 6.42 Å². The standard InChI is InChI=1S/C13H24IN3O3/c1-8(2)13(15,16-12(19)20-5)11(18)17-7-10(14-4)6-9(17)3/h8-10H,4,6-7,15H2,1-3,5H3,(H,16,19)/t9?,10-,13-/m0/s1. The third kappa shape index (κ3) is 3.49. The number of alkyl halides is 1. The van der Waals surface area contributed by atoms with Gasteiger partial charge in [0.2, 0.25) is 0 Å². The number of hydrogen-bond acceptors (Lipinski definition) is 4. The molecule has 0 spiro atoms. The summed E-state index contributed by atoms with van der Waals surface area (Å²) in [7, 11) is 1.25. The van der Waals surface area contributed by atoms with E-state index in [1.165, 1.54) is 7.11 Å². The number of carbonyl (C=O) groups is 2. The maximum absolute atomic E-state index is 12.8. The number of halogens is 1. The molecule has 0 aliphatic carbocycles. The molecule has 1 unspecified atom stereocenters. The molecule has 1 aliphatic heterocycles. The molecule has 6 nitrogen and oxygen atoms in total. The van der Waals surface area contributed by atoms with Gasteiger partial charge in [-0.3, -0.25) is 10.1 Å². The van der Waals surface area contributed by atoms with Gasteiger partial charge in [-0.25, -0.2) is 4.79 Å². The van der Waals surface area contributed by atoms with Crippen LogP contribution in [-0.4, -0.2) is 50.7 Å². The lowest BCUT2D eigenvalue weighted by Crippen LogP contribution is -2.69. The number of nitrogens with one attached hydrogen (secondary N) is 1. The van der Waals surface area contributed by atoms with Crippen LogP contribution in [0.4, 0.5) is 4.79 Å². The van der Waals surface area contributed by atoms with E-state index in [4.69, 9.17) is 5.73 Å². The van der Waals surface area contributed by atoms with Crippen LogP contribution in [0, 0.1) is 5.92 Å². The summed E-state index contributed by atoms with van der Waals surface area (Å²) in [5.41, 5.74) is 4.75. The second-order valence-corrected chi connectivity index (χ2v) is 8.08. The molecular formula is C13H24IN3O3. The molecule has 0 aromatic heterocycles. The summed E-state index contributed by atoms with van der Waals surface area (Å²) < 4.78 is 9.08. The van der Waals surface area contributed by atoms with E-state index in [0.29, 0.717) is 10.5 Å². The first-order valence-electron chi connectivity index (χ1n) is 6.59. The van der Waals surface area contributed by atoms with Crippen LogP contribution in [0.3, 0.4) is 0 Å². The van der Waals surface area contributed by atoms with Crippen LogP contribution in [-0.2, 0) is 9.53 Å². The predicted octanol–water partition coefficient (Wildman–Crippen LogP) is 1.05. The number of nitrogens with two attached hydrogens (primary N) is 1. The van der Waals surface area contributed by atoms with E-state index < -0.39 is 11.8 Å². The Bertz CT molecular complexity index is 402. The number of amides is 2. The van der Waals surface area contributed by atoms with Crippen molar-refractivity contribution in [2.45, 2.75) is 42.8 Å². The molecule has 2 amide bonds. The Morgan fingerprint density at radius 1 is 1.55 bits per heavy atom. The molecule has 0 radical (unpaired) electrons. The summed E-state index contributed by atoms with van der Waals surface area (Å²) in [5, 5.41) is 2.49. The topological polar surface area (TPSA) is 84.7 Å². The summed E-state index contributed by atoms with van der Waals surface area (Å²) in [6.07, 6.45) is 0.275. The lowest BCUT2D eigenvalue weighted by Gasteiger charge is -2.37. The quantitative estimate of drug-likeness (QED) is 0.422. The van der Waals surface area contributed by atoms with Crippen molar-refractivity contribution < 1.29 is 14.3 Å². The highest BCUT2D eigenvalue weighted by Crippen LogP contribution is 2.28. The van der Waals surface area contributed by atoms with E-state index in [9.17, 15) is 9.59 Å². The summed E-state index contributed by atoms with van der Waals surface area (Å²) in [6.45, 7) is 6.31. The van der Waals surface area contributed by atoms with E-state index >= 15 is 0 Å². The van der Waals surface area contributed by atoms with Gasteiger partial charge in [0.15, 0.2) is 5.66 Å². The summed E-state index contributed by atoms with van der Waals surface area (Å²) in [4.78, 5) is 26.0. The van der Waals surface area contributed by atoms with Crippen LogP contribution in [0.2, 0.25) is 0 Å². The normalized spacial score (nSPS) is 25.4. The van der Waals surface area contributed by atoms with Crippen molar-refractivity contribution >= 4 is 37.2 Å². The van der Waals surface area contributed by atoms with Gasteiger partial charge in [0.1, 0.15) is 0 Å². The molecule has 20 heavy (non-hydrogen) atoms. The molecule has 0 bridgehead atoms. The molecule has 1 aliphatic rings. The van der Waals surface area contributed by atoms with Crippen molar-refractivity contribution in [2.75, 3.05) is 13.7 Å². The Kier molecular flexibility index (Phi) is 5.93. The number of carbonyl (C=O) groups excluding carboxylic acids is 2. The van der Waals surface area contributed by atoms with Gasteiger partial charge in [0.25, 0.3) is 5.91 Å². The number of likely N-dealkylation sites (tertiary alicyclic amines) is 1. The van der Waals surface area contributed by atoms with E-state index in [1.54, 1.807) is 18.7 Å². The average Bonchev–Trinajstić information content (AvgIpc) is 2.78. The minimum Gasteiger partial charge on any atom is -0.453 e. The highest BCUT2D eigenvalue weighted by molar-refractivity contribution is 14.2. The number of nitrogens with zero attached hydrogens (tertiary/aromatic N) is 1. The molecular weight excluding hydrogens is 373 g/mol.